The predicted molar refractivity (Wildman–Crippen MR) is 82.1 cm³/mol. The number of aromatic amines is 1. The van der Waals surface area contributed by atoms with E-state index in [9.17, 15) is 4.79 Å². The maximum atomic E-state index is 12.3. The van der Waals surface area contributed by atoms with Crippen LogP contribution in [0.4, 0.5) is 0 Å². The Morgan fingerprint density at radius 1 is 1.14 bits per heavy atom. The molecule has 0 aliphatic carbocycles. The SMILES string of the molecule is Cc1cc(C)c2c(c1)c(=O)[nH]c1nn(-c3ccccc3)n[n+]12. The number of aromatic nitrogens is 5. The Morgan fingerprint density at radius 3 is 2.68 bits per heavy atom. The number of H-pyrrole nitrogens is 1. The standard InChI is InChI=1S/C16H13N5O/c1-10-8-11(2)14-13(9-10)15(22)17-16-18-21(19-20(14)16)12-6-4-3-5-7-12/h3-9H,1-2H3/p+1. The van der Waals surface area contributed by atoms with Gasteiger partial charge in [-0.1, -0.05) is 28.8 Å². The van der Waals surface area contributed by atoms with Gasteiger partial charge in [0.15, 0.2) is 0 Å². The zero-order valence-electron chi connectivity index (χ0n) is 12.2. The lowest BCUT2D eigenvalue weighted by Gasteiger charge is -2.00. The van der Waals surface area contributed by atoms with Crippen LogP contribution in [0.1, 0.15) is 11.1 Å². The Hall–Kier alpha value is -3.02. The average Bonchev–Trinajstić information content (AvgIpc) is 2.91. The van der Waals surface area contributed by atoms with Gasteiger partial charge >= 0.3 is 11.3 Å². The highest BCUT2D eigenvalue weighted by Gasteiger charge is 2.19. The first kappa shape index (κ1) is 12.7. The Labute approximate surface area is 125 Å². The van der Waals surface area contributed by atoms with Crippen LogP contribution in [-0.2, 0) is 0 Å². The summed E-state index contributed by atoms with van der Waals surface area (Å²) in [5, 5.41) is 9.49. The van der Waals surface area contributed by atoms with E-state index >= 15 is 0 Å². The summed E-state index contributed by atoms with van der Waals surface area (Å²) in [6, 6.07) is 13.5. The number of benzene rings is 2. The van der Waals surface area contributed by atoms with Crippen LogP contribution in [0.25, 0.3) is 22.4 Å². The zero-order chi connectivity index (χ0) is 15.3. The third-order valence-electron chi connectivity index (χ3n) is 3.68. The summed E-state index contributed by atoms with van der Waals surface area (Å²) in [4.78, 5) is 16.6. The monoisotopic (exact) mass is 292 g/mol. The number of nitrogens with zero attached hydrogens (tertiary/aromatic N) is 4. The topological polar surface area (TPSA) is 67.7 Å². The molecule has 0 fully saturated rings. The van der Waals surface area contributed by atoms with Gasteiger partial charge in [-0.25, -0.2) is 4.98 Å². The molecule has 6 heteroatoms. The van der Waals surface area contributed by atoms with Gasteiger partial charge in [-0.05, 0) is 48.0 Å². The second kappa shape index (κ2) is 4.49. The molecular weight excluding hydrogens is 278 g/mol. The summed E-state index contributed by atoms with van der Waals surface area (Å²) in [6.07, 6.45) is 0. The lowest BCUT2D eigenvalue weighted by molar-refractivity contribution is -0.558. The third-order valence-corrected chi connectivity index (χ3v) is 3.68. The van der Waals surface area contributed by atoms with Crippen LogP contribution < -0.4 is 10.1 Å². The predicted octanol–water partition coefficient (Wildman–Crippen LogP) is 1.46. The highest BCUT2D eigenvalue weighted by molar-refractivity contribution is 5.79. The van der Waals surface area contributed by atoms with Crippen LogP contribution in [0, 0.1) is 13.8 Å². The Morgan fingerprint density at radius 2 is 1.91 bits per heavy atom. The van der Waals surface area contributed by atoms with Crippen molar-refractivity contribution in [1.29, 1.82) is 0 Å². The van der Waals surface area contributed by atoms with Gasteiger partial charge in [-0.3, -0.25) is 4.79 Å². The van der Waals surface area contributed by atoms with Crippen LogP contribution in [0.2, 0.25) is 0 Å². The van der Waals surface area contributed by atoms with Gasteiger partial charge in [0.05, 0.1) is 10.5 Å². The summed E-state index contributed by atoms with van der Waals surface area (Å²) in [5.41, 5.74) is 3.51. The highest BCUT2D eigenvalue weighted by Crippen LogP contribution is 2.14. The van der Waals surface area contributed by atoms with Gasteiger partial charge < -0.3 is 0 Å². The summed E-state index contributed by atoms with van der Waals surface area (Å²) in [5.74, 6) is 0.424. The molecular formula is C16H14N5O+. The lowest BCUT2D eigenvalue weighted by atomic mass is 10.1. The van der Waals surface area contributed by atoms with E-state index < -0.39 is 0 Å². The van der Waals surface area contributed by atoms with Crippen LogP contribution in [0.15, 0.2) is 47.3 Å². The second-order valence-electron chi connectivity index (χ2n) is 5.38. The summed E-state index contributed by atoms with van der Waals surface area (Å²) >= 11 is 0. The zero-order valence-corrected chi connectivity index (χ0v) is 12.2. The molecule has 0 bridgehead atoms. The fourth-order valence-corrected chi connectivity index (χ4v) is 2.76. The summed E-state index contributed by atoms with van der Waals surface area (Å²) < 4.78 is 1.68. The lowest BCUT2D eigenvalue weighted by Crippen LogP contribution is -2.31. The maximum absolute atomic E-state index is 12.3. The van der Waals surface area contributed by atoms with Crippen molar-refractivity contribution >= 4 is 16.7 Å². The van der Waals surface area contributed by atoms with Crippen molar-refractivity contribution in [3.63, 3.8) is 0 Å². The molecule has 22 heavy (non-hydrogen) atoms. The quantitative estimate of drug-likeness (QED) is 0.540. The number of hydrogen-bond acceptors (Lipinski definition) is 3. The molecule has 0 aliphatic rings. The van der Waals surface area contributed by atoms with Gasteiger partial charge in [-0.15, -0.1) is 0 Å². The minimum absolute atomic E-state index is 0.151. The van der Waals surface area contributed by atoms with Gasteiger partial charge in [0, 0.05) is 5.21 Å². The number of tetrazole rings is 1. The minimum Gasteiger partial charge on any atom is -0.255 e. The molecule has 2 aromatic carbocycles. The molecule has 0 unspecified atom stereocenters. The number of para-hydroxylation sites is 1. The highest BCUT2D eigenvalue weighted by atomic mass is 16.1. The van der Waals surface area contributed by atoms with Gasteiger partial charge in [0.2, 0.25) is 0 Å². The fraction of sp³-hybridized carbons (Fsp3) is 0.125. The number of rotatable bonds is 1. The van der Waals surface area contributed by atoms with E-state index in [1.54, 1.807) is 4.52 Å². The van der Waals surface area contributed by atoms with Crippen molar-refractivity contribution in [2.75, 3.05) is 0 Å². The third kappa shape index (κ3) is 1.81. The van der Waals surface area contributed by atoms with Gasteiger partial charge in [-0.2, -0.15) is 0 Å². The molecule has 6 nitrogen and oxygen atoms in total. The summed E-state index contributed by atoms with van der Waals surface area (Å²) in [7, 11) is 0. The van der Waals surface area contributed by atoms with Gasteiger partial charge in [0.25, 0.3) is 0 Å². The van der Waals surface area contributed by atoms with Crippen molar-refractivity contribution in [3.8, 4) is 5.69 Å². The molecule has 0 saturated carbocycles. The number of aryl methyl sites for hydroxylation is 2. The Balaban J connectivity index is 2.13. The molecule has 2 aromatic heterocycles. The number of fused-ring (bicyclic) bond motifs is 3. The average molecular weight is 292 g/mol. The number of nitrogens with one attached hydrogen (secondary N) is 1. The van der Waals surface area contributed by atoms with Crippen LogP contribution >= 0.6 is 0 Å². The molecule has 0 spiro atoms. The largest absolute Gasteiger partial charge is 0.411 e. The van der Waals surface area contributed by atoms with Crippen molar-refractivity contribution in [3.05, 3.63) is 63.9 Å². The first-order valence-electron chi connectivity index (χ1n) is 7.01. The molecule has 108 valence electrons. The summed E-state index contributed by atoms with van der Waals surface area (Å²) in [6.45, 7) is 3.95. The van der Waals surface area contributed by atoms with E-state index in [1.165, 1.54) is 4.80 Å². The first-order valence-corrected chi connectivity index (χ1v) is 7.01. The van der Waals surface area contributed by atoms with Crippen molar-refractivity contribution in [1.82, 2.24) is 20.1 Å². The normalized spacial score (nSPS) is 11.4. The molecule has 0 radical (unpaired) electrons. The van der Waals surface area contributed by atoms with E-state index in [4.69, 9.17) is 0 Å². The van der Waals surface area contributed by atoms with Crippen LogP contribution in [0.3, 0.4) is 0 Å². The van der Waals surface area contributed by atoms with E-state index in [2.05, 4.69) is 15.3 Å². The molecule has 0 atom stereocenters. The molecule has 0 amide bonds. The number of hydrogen-bond donors (Lipinski definition) is 1. The Bertz CT molecular complexity index is 1060. The second-order valence-corrected chi connectivity index (χ2v) is 5.38. The molecule has 4 rings (SSSR count). The molecule has 2 heterocycles. The van der Waals surface area contributed by atoms with Crippen molar-refractivity contribution < 1.29 is 4.52 Å². The molecule has 0 aliphatic heterocycles. The smallest absolute Gasteiger partial charge is 0.255 e. The van der Waals surface area contributed by atoms with Crippen LogP contribution in [0.5, 0.6) is 0 Å². The molecule has 1 N–H and O–H groups in total. The van der Waals surface area contributed by atoms with E-state index in [0.29, 0.717) is 11.2 Å². The molecule has 4 aromatic rings. The maximum Gasteiger partial charge on any atom is 0.411 e. The van der Waals surface area contributed by atoms with E-state index in [-0.39, 0.29) is 5.56 Å². The van der Waals surface area contributed by atoms with Crippen molar-refractivity contribution in [2.45, 2.75) is 13.8 Å². The van der Waals surface area contributed by atoms with Crippen molar-refractivity contribution in [2.24, 2.45) is 0 Å². The Kier molecular flexibility index (Phi) is 2.59. The van der Waals surface area contributed by atoms with Crippen LogP contribution in [-0.4, -0.2) is 20.1 Å². The minimum atomic E-state index is -0.151. The van der Waals surface area contributed by atoms with E-state index in [1.807, 2.05) is 56.3 Å². The van der Waals surface area contributed by atoms with Gasteiger partial charge in [0.1, 0.15) is 11.2 Å². The fourth-order valence-electron chi connectivity index (χ4n) is 2.76. The van der Waals surface area contributed by atoms with E-state index in [0.717, 1.165) is 22.3 Å². The first-order chi connectivity index (χ1) is 10.6. The molecule has 0 saturated heterocycles.